The predicted octanol–water partition coefficient (Wildman–Crippen LogP) is 3.35. The van der Waals surface area contributed by atoms with Gasteiger partial charge in [0.05, 0.1) is 0 Å². The van der Waals surface area contributed by atoms with Gasteiger partial charge in [-0.1, -0.05) is 36.4 Å². The number of H-pyrrole nitrogens is 1. The number of hydrogen-bond donors (Lipinski definition) is 1. The minimum Gasteiger partial charge on any atom is -0.355 e. The van der Waals surface area contributed by atoms with Crippen molar-refractivity contribution in [2.75, 3.05) is 0 Å². The number of hydrogen-bond acceptors (Lipinski definition) is 2. The lowest BCUT2D eigenvalue weighted by molar-refractivity contribution is 1.15. The van der Waals surface area contributed by atoms with Crippen LogP contribution < -0.4 is 0 Å². The lowest BCUT2D eigenvalue weighted by Gasteiger charge is -1.87. The van der Waals surface area contributed by atoms with E-state index in [1.807, 2.05) is 0 Å². The Balaban J connectivity index is 0.000000404. The van der Waals surface area contributed by atoms with Crippen molar-refractivity contribution in [2.24, 2.45) is 0 Å². The van der Waals surface area contributed by atoms with Crippen LogP contribution in [0, 0.1) is 10.8 Å². The Morgan fingerprint density at radius 3 is 1.53 bits per heavy atom. The van der Waals surface area contributed by atoms with Crippen LogP contribution in [0.15, 0.2) is 48.5 Å². The average Bonchev–Trinajstić information content (AvgIpc) is 2.70. The quantitative estimate of drug-likeness (QED) is 0.559. The number of aromatic nitrogens is 1. The lowest BCUT2D eigenvalue weighted by atomic mass is 10.2. The summed E-state index contributed by atoms with van der Waals surface area (Å²) in [4.78, 5) is 3.38. The number of nitrogens with zero attached hydrogens (tertiary/aromatic N) is 2. The highest BCUT2D eigenvalue weighted by atomic mass is 14.7. The molecule has 72 valence electrons. The molecule has 0 amide bonds. The van der Waals surface area contributed by atoms with E-state index in [1.54, 1.807) is 0 Å². The molecule has 0 aliphatic rings. The minimum absolute atomic E-state index is 1.21. The van der Waals surface area contributed by atoms with Crippen molar-refractivity contribution in [3.8, 4) is 0 Å². The first-order chi connectivity index (χ1) is 7.45. The van der Waals surface area contributed by atoms with Crippen LogP contribution >= 0.6 is 0 Å². The highest BCUT2D eigenvalue weighted by Crippen LogP contribution is 2.24. The van der Waals surface area contributed by atoms with E-state index >= 15 is 0 Å². The van der Waals surface area contributed by atoms with Crippen LogP contribution in [0.5, 0.6) is 0 Å². The normalized spacial score (nSPS) is 9.73. The lowest BCUT2D eigenvalue weighted by Crippen LogP contribution is -1.62. The van der Waals surface area contributed by atoms with Gasteiger partial charge in [-0.05, 0) is 12.1 Å². The van der Waals surface area contributed by atoms with Crippen molar-refractivity contribution in [3.63, 3.8) is 0 Å². The second-order valence-corrected chi connectivity index (χ2v) is 3.22. The van der Waals surface area contributed by atoms with Gasteiger partial charge in [-0.3, -0.25) is 0 Å². The van der Waals surface area contributed by atoms with Gasteiger partial charge < -0.3 is 4.98 Å². The first kappa shape index (κ1) is 9.22. The highest BCUT2D eigenvalue weighted by molar-refractivity contribution is 6.06. The summed E-state index contributed by atoms with van der Waals surface area (Å²) in [6.45, 7) is 0. The third-order valence-electron chi connectivity index (χ3n) is 2.41. The van der Waals surface area contributed by atoms with Gasteiger partial charge in [0.25, 0.3) is 0 Å². The van der Waals surface area contributed by atoms with E-state index in [-0.39, 0.29) is 0 Å². The van der Waals surface area contributed by atoms with Crippen molar-refractivity contribution in [2.45, 2.75) is 0 Å². The van der Waals surface area contributed by atoms with Gasteiger partial charge >= 0.3 is 0 Å². The van der Waals surface area contributed by atoms with E-state index in [0.29, 0.717) is 0 Å². The Morgan fingerprint density at radius 1 is 0.667 bits per heavy atom. The summed E-state index contributed by atoms with van der Waals surface area (Å²) in [5, 5.41) is 14.6. The van der Waals surface area contributed by atoms with Crippen LogP contribution in [0.2, 0.25) is 0 Å². The molecule has 0 aliphatic carbocycles. The second-order valence-electron chi connectivity index (χ2n) is 3.22. The summed E-state index contributed by atoms with van der Waals surface area (Å²) < 4.78 is 0. The molecule has 0 atom stereocenters. The Labute approximate surface area is 86.8 Å². The summed E-state index contributed by atoms with van der Waals surface area (Å²) in [5.41, 5.74) is 2.42. The van der Waals surface area contributed by atoms with Crippen molar-refractivity contribution in [1.82, 2.24) is 4.98 Å². The maximum Gasteiger partial charge on any atom is 0.0464 e. The molecule has 3 rings (SSSR count). The smallest absolute Gasteiger partial charge is 0.0464 e. The third kappa shape index (κ3) is 1.42. The molecular weight excluding hydrogens is 186 g/mol. The Morgan fingerprint density at radius 2 is 1.07 bits per heavy atom. The van der Waals surface area contributed by atoms with E-state index in [1.165, 1.54) is 21.8 Å². The fourth-order valence-electron chi connectivity index (χ4n) is 1.80. The zero-order valence-corrected chi connectivity index (χ0v) is 8.01. The number of rotatable bonds is 0. The van der Waals surface area contributed by atoms with E-state index in [9.17, 15) is 0 Å². The summed E-state index contributed by atoms with van der Waals surface area (Å²) >= 11 is 0. The number of fused-ring (bicyclic) bond motifs is 3. The zero-order valence-electron chi connectivity index (χ0n) is 8.01. The van der Waals surface area contributed by atoms with E-state index < -0.39 is 0 Å². The molecule has 0 saturated carbocycles. The van der Waals surface area contributed by atoms with Gasteiger partial charge in [0.1, 0.15) is 0 Å². The van der Waals surface area contributed by atoms with Gasteiger partial charge in [0.2, 0.25) is 0 Å². The summed E-state index contributed by atoms with van der Waals surface area (Å²) in [6.07, 6.45) is 0. The number of para-hydroxylation sites is 2. The van der Waals surface area contributed by atoms with Crippen LogP contribution in [0.3, 0.4) is 0 Å². The number of aromatic amines is 1. The van der Waals surface area contributed by atoms with Crippen molar-refractivity contribution < 1.29 is 0 Å². The molecule has 3 aromatic rings. The minimum atomic E-state index is 1.21. The van der Waals surface area contributed by atoms with Gasteiger partial charge in [0, 0.05) is 32.6 Å². The average molecular weight is 195 g/mol. The monoisotopic (exact) mass is 195 g/mol. The summed E-state index contributed by atoms with van der Waals surface area (Å²) in [7, 11) is 0. The largest absolute Gasteiger partial charge is 0.355 e. The maximum absolute atomic E-state index is 6.00. The molecular formula is C12H9N3. The third-order valence-corrected chi connectivity index (χ3v) is 2.41. The number of nitrogens with one attached hydrogen (secondary N) is 1. The molecule has 0 spiro atoms. The molecule has 3 nitrogen and oxygen atoms in total. The molecule has 15 heavy (non-hydrogen) atoms. The van der Waals surface area contributed by atoms with Crippen molar-refractivity contribution in [1.29, 1.82) is 10.8 Å². The second kappa shape index (κ2) is 3.81. The standard InChI is InChI=1S/C12H9N.N2/c1-3-7-11-9(5-1)10-6-2-4-8-12(10)13-11;1-2/h1-8,13H;. The maximum atomic E-state index is 6.00. The van der Waals surface area contributed by atoms with Crippen LogP contribution in [-0.2, 0) is 0 Å². The van der Waals surface area contributed by atoms with E-state index in [0.717, 1.165) is 0 Å². The Bertz CT molecular complexity index is 557. The van der Waals surface area contributed by atoms with Crippen molar-refractivity contribution >= 4 is 21.8 Å². The first-order valence-electron chi connectivity index (χ1n) is 4.60. The molecule has 1 aromatic heterocycles. The van der Waals surface area contributed by atoms with Crippen LogP contribution in [0.1, 0.15) is 0 Å². The van der Waals surface area contributed by atoms with Gasteiger partial charge in [-0.25, -0.2) is 0 Å². The van der Waals surface area contributed by atoms with Gasteiger partial charge in [-0.15, -0.1) is 0 Å². The summed E-state index contributed by atoms with van der Waals surface area (Å²) in [6, 6.07) is 16.8. The molecule has 1 N–H and O–H groups in total. The van der Waals surface area contributed by atoms with Crippen LogP contribution in [0.4, 0.5) is 0 Å². The van der Waals surface area contributed by atoms with E-state index in [2.05, 4.69) is 53.5 Å². The fourth-order valence-corrected chi connectivity index (χ4v) is 1.80. The SMILES string of the molecule is N#N.c1ccc2c(c1)[nH]c1ccccc12. The van der Waals surface area contributed by atoms with E-state index in [4.69, 9.17) is 10.8 Å². The molecule has 3 heteroatoms. The summed E-state index contributed by atoms with van der Waals surface area (Å²) in [5.74, 6) is 0. The molecule has 0 radical (unpaired) electrons. The van der Waals surface area contributed by atoms with Gasteiger partial charge in [-0.2, -0.15) is 0 Å². The van der Waals surface area contributed by atoms with Crippen LogP contribution in [0.25, 0.3) is 21.8 Å². The number of benzene rings is 2. The Hall–Kier alpha value is -2.34. The molecule has 0 unspecified atom stereocenters. The molecule has 2 aromatic carbocycles. The van der Waals surface area contributed by atoms with Crippen LogP contribution in [-0.4, -0.2) is 4.98 Å². The fraction of sp³-hybridized carbons (Fsp3) is 0. The first-order valence-corrected chi connectivity index (χ1v) is 4.60. The van der Waals surface area contributed by atoms with Gasteiger partial charge in [0.15, 0.2) is 0 Å². The highest BCUT2D eigenvalue weighted by Gasteiger charge is 2.00. The molecule has 0 bridgehead atoms. The predicted molar refractivity (Wildman–Crippen MR) is 59.3 cm³/mol. The Kier molecular flexibility index (Phi) is 2.34. The van der Waals surface area contributed by atoms with Crippen molar-refractivity contribution in [3.05, 3.63) is 48.5 Å². The molecule has 0 aliphatic heterocycles. The molecule has 0 saturated heterocycles. The topological polar surface area (TPSA) is 63.4 Å². The zero-order chi connectivity index (χ0) is 10.7. The molecule has 1 heterocycles. The molecule has 0 fully saturated rings.